The normalized spacial score (nSPS) is 10.6. The van der Waals surface area contributed by atoms with Crippen LogP contribution < -0.4 is 0 Å². The highest BCUT2D eigenvalue weighted by Crippen LogP contribution is 2.34. The summed E-state index contributed by atoms with van der Waals surface area (Å²) in [4.78, 5) is 10.9. The first kappa shape index (κ1) is 11.7. The molecule has 0 aliphatic rings. The molecular formula is C11H9ClN2S2. The molecule has 2 aromatic heterocycles. The lowest BCUT2D eigenvalue weighted by molar-refractivity contribution is 1.01. The Labute approximate surface area is 107 Å². The van der Waals surface area contributed by atoms with E-state index in [0.717, 1.165) is 10.2 Å². The summed E-state index contributed by atoms with van der Waals surface area (Å²) in [5.41, 5.74) is 1.17. The van der Waals surface area contributed by atoms with Crippen molar-refractivity contribution in [2.75, 3.05) is 5.75 Å². The number of fused-ring (bicyclic) bond motifs is 1. The Kier molecular flexibility index (Phi) is 3.38. The van der Waals surface area contributed by atoms with Crippen LogP contribution in [0.3, 0.4) is 0 Å². The molecule has 0 spiro atoms. The minimum absolute atomic E-state index is 0.520. The molecule has 0 aliphatic heterocycles. The van der Waals surface area contributed by atoms with Gasteiger partial charge in [0.25, 0.3) is 0 Å². The molecule has 0 radical (unpaired) electrons. The van der Waals surface area contributed by atoms with Crippen LogP contribution in [0.5, 0.6) is 0 Å². The molecule has 82 valence electrons. The highest BCUT2D eigenvalue weighted by atomic mass is 35.5. The molecule has 0 bridgehead atoms. The minimum atomic E-state index is 0.520. The number of hydrogen-bond donors (Lipinski definition) is 0. The molecule has 0 atom stereocenters. The van der Waals surface area contributed by atoms with Crippen molar-refractivity contribution in [2.24, 2.45) is 0 Å². The summed E-state index contributed by atoms with van der Waals surface area (Å²) in [7, 11) is 0. The van der Waals surface area contributed by atoms with Gasteiger partial charge in [0.05, 0.1) is 11.1 Å². The van der Waals surface area contributed by atoms with Crippen LogP contribution in [0.1, 0.15) is 10.4 Å². The topological polar surface area (TPSA) is 25.8 Å². The zero-order valence-electron chi connectivity index (χ0n) is 8.87. The van der Waals surface area contributed by atoms with Crippen molar-refractivity contribution in [1.82, 2.24) is 9.97 Å². The van der Waals surface area contributed by atoms with E-state index in [1.165, 1.54) is 22.2 Å². The Morgan fingerprint density at radius 1 is 1.44 bits per heavy atom. The van der Waals surface area contributed by atoms with E-state index in [9.17, 15) is 0 Å². The molecule has 2 heterocycles. The molecule has 16 heavy (non-hydrogen) atoms. The first-order valence-corrected chi connectivity index (χ1v) is 6.81. The van der Waals surface area contributed by atoms with Crippen molar-refractivity contribution in [3.63, 3.8) is 0 Å². The van der Waals surface area contributed by atoms with E-state index in [0.29, 0.717) is 16.1 Å². The molecular weight excluding hydrogens is 260 g/mol. The van der Waals surface area contributed by atoms with Crippen LogP contribution in [-0.2, 0) is 0 Å². The predicted molar refractivity (Wildman–Crippen MR) is 71.5 cm³/mol. The van der Waals surface area contributed by atoms with Crippen LogP contribution in [0, 0.1) is 26.2 Å². The number of halogens is 1. The van der Waals surface area contributed by atoms with E-state index >= 15 is 0 Å². The second kappa shape index (κ2) is 4.62. The lowest BCUT2D eigenvalue weighted by Gasteiger charge is -1.99. The molecule has 2 rings (SSSR count). The number of hydrogen-bond acceptors (Lipinski definition) is 4. The second-order valence-corrected chi connectivity index (χ2v) is 5.76. The molecule has 0 N–H and O–H groups in total. The lowest BCUT2D eigenvalue weighted by atomic mass is 10.2. The van der Waals surface area contributed by atoms with Gasteiger partial charge in [-0.15, -0.1) is 17.8 Å². The van der Waals surface area contributed by atoms with Crippen LogP contribution in [0.15, 0.2) is 5.16 Å². The van der Waals surface area contributed by atoms with Crippen LogP contribution in [0.4, 0.5) is 0 Å². The van der Waals surface area contributed by atoms with Gasteiger partial charge in [-0.1, -0.05) is 29.3 Å². The van der Waals surface area contributed by atoms with Crippen LogP contribution in [0.25, 0.3) is 10.2 Å². The second-order valence-electron chi connectivity index (χ2n) is 3.25. The maximum absolute atomic E-state index is 6.15. The largest absolute Gasteiger partial charge is 0.211 e. The van der Waals surface area contributed by atoms with E-state index in [4.69, 9.17) is 18.0 Å². The minimum Gasteiger partial charge on any atom is -0.211 e. The number of rotatable bonds is 2. The summed E-state index contributed by atoms with van der Waals surface area (Å²) in [6.45, 7) is 4.10. The van der Waals surface area contributed by atoms with Gasteiger partial charge in [0, 0.05) is 4.88 Å². The monoisotopic (exact) mass is 268 g/mol. The van der Waals surface area contributed by atoms with E-state index in [1.54, 1.807) is 11.3 Å². The molecule has 2 nitrogen and oxygen atoms in total. The van der Waals surface area contributed by atoms with Gasteiger partial charge in [-0.3, -0.25) is 0 Å². The van der Waals surface area contributed by atoms with Gasteiger partial charge in [-0.2, -0.15) is 0 Å². The van der Waals surface area contributed by atoms with Crippen molar-refractivity contribution in [2.45, 2.75) is 19.0 Å². The molecule has 0 aromatic carbocycles. The number of thioether (sulfide) groups is 1. The Hall–Kier alpha value is -0.760. The van der Waals surface area contributed by atoms with Gasteiger partial charge < -0.3 is 0 Å². The van der Waals surface area contributed by atoms with Crippen molar-refractivity contribution in [1.29, 1.82) is 0 Å². The Bertz CT molecular complexity index is 584. The predicted octanol–water partition coefficient (Wildman–Crippen LogP) is 3.69. The smallest absolute Gasteiger partial charge is 0.191 e. The maximum Gasteiger partial charge on any atom is 0.191 e. The number of aromatic nitrogens is 2. The quantitative estimate of drug-likeness (QED) is 0.360. The van der Waals surface area contributed by atoms with E-state index in [2.05, 4.69) is 22.8 Å². The Balaban J connectivity index is 2.56. The van der Waals surface area contributed by atoms with Crippen molar-refractivity contribution < 1.29 is 0 Å². The first-order chi connectivity index (χ1) is 7.63. The van der Waals surface area contributed by atoms with Gasteiger partial charge in [0.1, 0.15) is 9.98 Å². The molecule has 0 unspecified atom stereocenters. The fraction of sp³-hybridized carbons (Fsp3) is 0.273. The molecule has 2 aromatic rings. The number of thiophene rings is 1. The molecule has 0 aliphatic carbocycles. The molecule has 0 amide bonds. The fourth-order valence-electron chi connectivity index (χ4n) is 1.35. The first-order valence-electron chi connectivity index (χ1n) is 4.63. The van der Waals surface area contributed by atoms with Crippen LogP contribution in [0.2, 0.25) is 5.15 Å². The van der Waals surface area contributed by atoms with Gasteiger partial charge >= 0.3 is 0 Å². The summed E-state index contributed by atoms with van der Waals surface area (Å²) in [5, 5.41) is 2.14. The molecule has 0 saturated carbocycles. The number of aryl methyl sites for hydroxylation is 2. The van der Waals surface area contributed by atoms with E-state index in [1.807, 2.05) is 6.92 Å². The SMILES string of the molecule is C#CCSc1nc(Cl)c2c(C)c(C)sc2n1. The Morgan fingerprint density at radius 2 is 2.19 bits per heavy atom. The van der Waals surface area contributed by atoms with Crippen LogP contribution >= 0.6 is 34.7 Å². The molecule has 0 saturated heterocycles. The Morgan fingerprint density at radius 3 is 2.88 bits per heavy atom. The number of nitrogens with zero attached hydrogens (tertiary/aromatic N) is 2. The highest BCUT2D eigenvalue weighted by Gasteiger charge is 2.12. The zero-order valence-corrected chi connectivity index (χ0v) is 11.3. The van der Waals surface area contributed by atoms with E-state index in [-0.39, 0.29) is 0 Å². The fourth-order valence-corrected chi connectivity index (χ4v) is 3.38. The van der Waals surface area contributed by atoms with Crippen molar-refractivity contribution in [3.05, 3.63) is 15.6 Å². The highest BCUT2D eigenvalue weighted by molar-refractivity contribution is 7.99. The third kappa shape index (κ3) is 2.03. The summed E-state index contributed by atoms with van der Waals surface area (Å²) in [6, 6.07) is 0. The average molecular weight is 269 g/mol. The standard InChI is InChI=1S/C11H9ClN2S2/c1-4-5-15-11-13-9(12)8-6(2)7(3)16-10(8)14-11/h1H,5H2,2-3H3. The van der Waals surface area contributed by atoms with Gasteiger partial charge in [-0.05, 0) is 19.4 Å². The van der Waals surface area contributed by atoms with Crippen LogP contribution in [-0.4, -0.2) is 15.7 Å². The summed E-state index contributed by atoms with van der Waals surface area (Å²) in [5.74, 6) is 3.10. The number of terminal acetylenes is 1. The summed E-state index contributed by atoms with van der Waals surface area (Å²) >= 11 is 9.22. The molecule has 0 fully saturated rings. The van der Waals surface area contributed by atoms with Gasteiger partial charge in [-0.25, -0.2) is 9.97 Å². The molecule has 5 heteroatoms. The summed E-state index contributed by atoms with van der Waals surface area (Å²) in [6.07, 6.45) is 5.20. The average Bonchev–Trinajstić information content (AvgIpc) is 2.52. The van der Waals surface area contributed by atoms with Crippen molar-refractivity contribution >= 4 is 44.9 Å². The van der Waals surface area contributed by atoms with Gasteiger partial charge in [0.2, 0.25) is 0 Å². The van der Waals surface area contributed by atoms with Crippen molar-refractivity contribution in [3.8, 4) is 12.3 Å². The van der Waals surface area contributed by atoms with Gasteiger partial charge in [0.15, 0.2) is 5.16 Å². The zero-order chi connectivity index (χ0) is 11.7. The third-order valence-electron chi connectivity index (χ3n) is 2.25. The third-order valence-corrected chi connectivity index (χ3v) is 4.38. The van der Waals surface area contributed by atoms with E-state index < -0.39 is 0 Å². The lowest BCUT2D eigenvalue weighted by Crippen LogP contribution is -1.88. The summed E-state index contributed by atoms with van der Waals surface area (Å²) < 4.78 is 0. The maximum atomic E-state index is 6.15.